The van der Waals surface area contributed by atoms with Crippen molar-refractivity contribution in [1.29, 1.82) is 0 Å². The Bertz CT molecular complexity index is 311. The van der Waals surface area contributed by atoms with Crippen molar-refractivity contribution >= 4 is 17.2 Å². The number of rotatable bonds is 4. The Hall–Kier alpha value is -0.940. The number of amides is 1. The van der Waals surface area contributed by atoms with E-state index in [9.17, 15) is 4.79 Å². The third-order valence-electron chi connectivity index (χ3n) is 1.88. The van der Waals surface area contributed by atoms with Gasteiger partial charge in [-0.25, -0.2) is 4.98 Å². The second kappa shape index (κ2) is 5.07. The van der Waals surface area contributed by atoms with E-state index in [1.54, 1.807) is 18.1 Å². The molecule has 0 atom stereocenters. The lowest BCUT2D eigenvalue weighted by Crippen LogP contribution is -2.32. The van der Waals surface area contributed by atoms with Crippen LogP contribution in [-0.2, 0) is 0 Å². The predicted molar refractivity (Wildman–Crippen MR) is 57.7 cm³/mol. The number of aryl methyl sites for hydroxylation is 1. The lowest BCUT2D eigenvalue weighted by Gasteiger charge is -2.15. The third-order valence-corrected chi connectivity index (χ3v) is 2.78. The lowest BCUT2D eigenvalue weighted by atomic mass is 10.4. The molecule has 1 aromatic rings. The highest BCUT2D eigenvalue weighted by molar-refractivity contribution is 7.13. The molecule has 0 aliphatic rings. The van der Waals surface area contributed by atoms with E-state index in [2.05, 4.69) is 10.3 Å². The average Bonchev–Trinajstić information content (AvgIpc) is 2.60. The van der Waals surface area contributed by atoms with Gasteiger partial charge in [0.2, 0.25) is 0 Å². The van der Waals surface area contributed by atoms with Gasteiger partial charge in [0.05, 0.1) is 11.2 Å². The molecule has 0 aliphatic carbocycles. The zero-order chi connectivity index (χ0) is 10.6. The summed E-state index contributed by atoms with van der Waals surface area (Å²) in [6.07, 6.45) is 1.64. The van der Waals surface area contributed by atoms with Gasteiger partial charge in [-0.1, -0.05) is 0 Å². The van der Waals surface area contributed by atoms with Crippen molar-refractivity contribution in [1.82, 2.24) is 15.2 Å². The monoisotopic (exact) mass is 213 g/mol. The van der Waals surface area contributed by atoms with Gasteiger partial charge in [0, 0.05) is 20.1 Å². The molecule has 0 saturated carbocycles. The second-order valence-corrected chi connectivity index (χ2v) is 4.31. The van der Waals surface area contributed by atoms with E-state index < -0.39 is 0 Å². The van der Waals surface area contributed by atoms with Crippen molar-refractivity contribution in [3.63, 3.8) is 0 Å². The Kier molecular flexibility index (Phi) is 4.03. The van der Waals surface area contributed by atoms with Crippen molar-refractivity contribution in [2.45, 2.75) is 6.92 Å². The molecule has 0 aliphatic heterocycles. The van der Waals surface area contributed by atoms with E-state index >= 15 is 0 Å². The normalized spacial score (nSPS) is 10.2. The van der Waals surface area contributed by atoms with Crippen LogP contribution in [0.5, 0.6) is 0 Å². The van der Waals surface area contributed by atoms with Crippen molar-refractivity contribution in [2.24, 2.45) is 0 Å². The van der Waals surface area contributed by atoms with Crippen molar-refractivity contribution in [3.05, 3.63) is 16.1 Å². The Morgan fingerprint density at radius 2 is 2.43 bits per heavy atom. The maximum atomic E-state index is 11.7. The van der Waals surface area contributed by atoms with Crippen LogP contribution in [0.1, 0.15) is 14.7 Å². The molecule has 1 aromatic heterocycles. The summed E-state index contributed by atoms with van der Waals surface area (Å²) < 4.78 is 0. The molecular formula is C9H15N3OS. The minimum atomic E-state index is 0.0471. The Labute approximate surface area is 88.0 Å². The molecule has 0 fully saturated rings. The molecular weight excluding hydrogens is 198 g/mol. The third kappa shape index (κ3) is 2.78. The molecule has 0 spiro atoms. The van der Waals surface area contributed by atoms with Crippen LogP contribution < -0.4 is 5.32 Å². The molecule has 0 unspecified atom stereocenters. The smallest absolute Gasteiger partial charge is 0.265 e. The molecule has 1 rings (SSSR count). The largest absolute Gasteiger partial charge is 0.340 e. The van der Waals surface area contributed by atoms with Crippen molar-refractivity contribution in [3.8, 4) is 0 Å². The molecule has 0 radical (unpaired) electrons. The van der Waals surface area contributed by atoms with E-state index in [0.717, 1.165) is 11.6 Å². The molecule has 78 valence electrons. The van der Waals surface area contributed by atoms with E-state index in [1.165, 1.54) is 11.3 Å². The summed E-state index contributed by atoms with van der Waals surface area (Å²) in [5.74, 6) is 0.0471. The fourth-order valence-corrected chi connectivity index (χ4v) is 1.80. The molecule has 14 heavy (non-hydrogen) atoms. The first kappa shape index (κ1) is 11.1. The highest BCUT2D eigenvalue weighted by Gasteiger charge is 2.13. The zero-order valence-corrected chi connectivity index (χ0v) is 9.52. The van der Waals surface area contributed by atoms with Crippen LogP contribution in [0.4, 0.5) is 0 Å². The van der Waals surface area contributed by atoms with E-state index in [-0.39, 0.29) is 5.91 Å². The highest BCUT2D eigenvalue weighted by atomic mass is 32.1. The van der Waals surface area contributed by atoms with Crippen LogP contribution in [0.25, 0.3) is 0 Å². The summed E-state index contributed by atoms with van der Waals surface area (Å²) in [5, 5.41) is 3.93. The van der Waals surface area contributed by atoms with Crippen LogP contribution in [0, 0.1) is 6.92 Å². The fraction of sp³-hybridized carbons (Fsp3) is 0.556. The summed E-state index contributed by atoms with van der Waals surface area (Å²) in [7, 11) is 3.67. The topological polar surface area (TPSA) is 45.2 Å². The molecule has 0 aromatic carbocycles. The van der Waals surface area contributed by atoms with Crippen LogP contribution in [0.2, 0.25) is 0 Å². The Morgan fingerprint density at radius 3 is 2.93 bits per heavy atom. The zero-order valence-electron chi connectivity index (χ0n) is 8.70. The summed E-state index contributed by atoms with van der Waals surface area (Å²) in [6, 6.07) is 0. The number of nitrogens with zero attached hydrogens (tertiary/aromatic N) is 2. The van der Waals surface area contributed by atoms with Gasteiger partial charge in [-0.2, -0.15) is 0 Å². The van der Waals surface area contributed by atoms with E-state index in [1.807, 2.05) is 14.0 Å². The highest BCUT2D eigenvalue weighted by Crippen LogP contribution is 2.13. The number of aromatic nitrogens is 1. The SMILES string of the molecule is CNCCN(C)C(=O)c1cnc(C)s1. The standard InChI is InChI=1S/C9H15N3OS/c1-7-11-6-8(14-7)9(13)12(3)5-4-10-2/h6,10H,4-5H2,1-3H3. The predicted octanol–water partition coefficient (Wildman–Crippen LogP) is 0.743. The van der Waals surface area contributed by atoms with Crippen LogP contribution in [0.3, 0.4) is 0 Å². The Balaban J connectivity index is 2.56. The summed E-state index contributed by atoms with van der Waals surface area (Å²) >= 11 is 1.43. The molecule has 0 bridgehead atoms. The number of hydrogen-bond acceptors (Lipinski definition) is 4. The Morgan fingerprint density at radius 1 is 1.71 bits per heavy atom. The van der Waals surface area contributed by atoms with E-state index in [0.29, 0.717) is 11.4 Å². The molecule has 0 saturated heterocycles. The van der Waals surface area contributed by atoms with Crippen LogP contribution in [0.15, 0.2) is 6.20 Å². The number of likely N-dealkylation sites (N-methyl/N-ethyl adjacent to an activating group) is 2. The molecule has 4 nitrogen and oxygen atoms in total. The van der Waals surface area contributed by atoms with Crippen molar-refractivity contribution in [2.75, 3.05) is 27.2 Å². The van der Waals surface area contributed by atoms with Gasteiger partial charge in [0.15, 0.2) is 0 Å². The summed E-state index contributed by atoms with van der Waals surface area (Å²) in [5.41, 5.74) is 0. The summed E-state index contributed by atoms with van der Waals surface area (Å²) in [6.45, 7) is 3.42. The maximum Gasteiger partial charge on any atom is 0.265 e. The first-order chi connectivity index (χ1) is 6.65. The first-order valence-electron chi connectivity index (χ1n) is 4.47. The molecule has 1 N–H and O–H groups in total. The fourth-order valence-electron chi connectivity index (χ4n) is 1.03. The number of carbonyl (C=O) groups is 1. The quantitative estimate of drug-likeness (QED) is 0.802. The number of thiazole rings is 1. The second-order valence-electron chi connectivity index (χ2n) is 3.07. The van der Waals surface area contributed by atoms with Crippen LogP contribution >= 0.6 is 11.3 Å². The van der Waals surface area contributed by atoms with Crippen molar-refractivity contribution < 1.29 is 4.79 Å². The van der Waals surface area contributed by atoms with Gasteiger partial charge in [-0.3, -0.25) is 4.79 Å². The minimum Gasteiger partial charge on any atom is -0.340 e. The maximum absolute atomic E-state index is 11.7. The van der Waals surface area contributed by atoms with E-state index in [4.69, 9.17) is 0 Å². The minimum absolute atomic E-state index is 0.0471. The number of nitrogens with one attached hydrogen (secondary N) is 1. The first-order valence-corrected chi connectivity index (χ1v) is 5.29. The molecule has 1 heterocycles. The van der Waals surface area contributed by atoms with Gasteiger partial charge in [-0.05, 0) is 14.0 Å². The molecule has 1 amide bonds. The van der Waals surface area contributed by atoms with Crippen LogP contribution in [-0.4, -0.2) is 43.0 Å². The number of hydrogen-bond donors (Lipinski definition) is 1. The van der Waals surface area contributed by atoms with Gasteiger partial charge >= 0.3 is 0 Å². The van der Waals surface area contributed by atoms with Gasteiger partial charge < -0.3 is 10.2 Å². The number of carbonyl (C=O) groups excluding carboxylic acids is 1. The van der Waals surface area contributed by atoms with Gasteiger partial charge in [-0.15, -0.1) is 11.3 Å². The average molecular weight is 213 g/mol. The lowest BCUT2D eigenvalue weighted by molar-refractivity contribution is 0.0801. The van der Waals surface area contributed by atoms with Gasteiger partial charge in [0.25, 0.3) is 5.91 Å². The molecule has 5 heteroatoms. The van der Waals surface area contributed by atoms with Gasteiger partial charge in [0.1, 0.15) is 4.88 Å². The summed E-state index contributed by atoms with van der Waals surface area (Å²) in [4.78, 5) is 18.2.